The van der Waals surface area contributed by atoms with Crippen molar-refractivity contribution in [2.45, 2.75) is 25.3 Å². The summed E-state index contributed by atoms with van der Waals surface area (Å²) in [4.78, 5) is 14.1. The Labute approximate surface area is 120 Å². The molecule has 5 heteroatoms. The highest BCUT2D eigenvalue weighted by Gasteiger charge is 2.29. The second kappa shape index (κ2) is 6.04. The number of aliphatic hydroxyl groups is 1. The first-order chi connectivity index (χ1) is 8.63. The minimum Gasteiger partial charge on any atom is -0.395 e. The van der Waals surface area contributed by atoms with Crippen molar-refractivity contribution < 1.29 is 9.90 Å². The molecule has 0 spiro atoms. The highest BCUT2D eigenvalue weighted by Crippen LogP contribution is 2.28. The van der Waals surface area contributed by atoms with Crippen LogP contribution in [0.25, 0.3) is 0 Å². The Kier molecular flexibility index (Phi) is 4.65. The first-order valence-electron chi connectivity index (χ1n) is 6.00. The van der Waals surface area contributed by atoms with Gasteiger partial charge in [-0.2, -0.15) is 0 Å². The molecule has 1 aliphatic carbocycles. The number of carbonyl (C=O) groups is 1. The lowest BCUT2D eigenvalue weighted by molar-refractivity contribution is 0.0526. The summed E-state index contributed by atoms with van der Waals surface area (Å²) in [7, 11) is 0. The summed E-state index contributed by atoms with van der Waals surface area (Å²) in [6.45, 7) is 0.379. The number of amides is 1. The summed E-state index contributed by atoms with van der Waals surface area (Å²) in [6.07, 6.45) is 3.20. The predicted octanol–water partition coefficient (Wildman–Crippen LogP) is 3.09. The van der Waals surface area contributed by atoms with E-state index in [1.165, 1.54) is 0 Å². The molecule has 0 atom stereocenters. The van der Waals surface area contributed by atoms with Crippen LogP contribution in [0.2, 0.25) is 5.02 Å². The van der Waals surface area contributed by atoms with Crippen LogP contribution in [-0.2, 0) is 0 Å². The topological polar surface area (TPSA) is 40.5 Å². The van der Waals surface area contributed by atoms with Crippen LogP contribution in [0.3, 0.4) is 0 Å². The molecule has 3 nitrogen and oxygen atoms in total. The third kappa shape index (κ3) is 2.87. The molecular formula is C13H15BrClNO2. The summed E-state index contributed by atoms with van der Waals surface area (Å²) in [5.74, 6) is -0.0526. The average Bonchev–Trinajstić information content (AvgIpc) is 2.29. The van der Waals surface area contributed by atoms with Crippen molar-refractivity contribution >= 4 is 33.4 Å². The highest BCUT2D eigenvalue weighted by atomic mass is 79.9. The summed E-state index contributed by atoms with van der Waals surface area (Å²) in [5.41, 5.74) is 0.573. The number of halogens is 2. The van der Waals surface area contributed by atoms with Crippen molar-refractivity contribution in [2.75, 3.05) is 13.2 Å². The van der Waals surface area contributed by atoms with Crippen LogP contribution in [0.15, 0.2) is 22.7 Å². The van der Waals surface area contributed by atoms with Gasteiger partial charge in [-0.3, -0.25) is 4.79 Å². The van der Waals surface area contributed by atoms with E-state index in [0.717, 1.165) is 23.7 Å². The quantitative estimate of drug-likeness (QED) is 0.920. The van der Waals surface area contributed by atoms with Crippen LogP contribution in [0.5, 0.6) is 0 Å². The summed E-state index contributed by atoms with van der Waals surface area (Å²) < 4.78 is 0.776. The average molecular weight is 333 g/mol. The van der Waals surface area contributed by atoms with Gasteiger partial charge in [0.1, 0.15) is 0 Å². The molecule has 1 saturated carbocycles. The normalized spacial score (nSPS) is 15.3. The van der Waals surface area contributed by atoms with Crippen LogP contribution >= 0.6 is 27.5 Å². The van der Waals surface area contributed by atoms with Gasteiger partial charge >= 0.3 is 0 Å². The molecule has 1 fully saturated rings. The molecule has 1 N–H and O–H groups in total. The summed E-state index contributed by atoms with van der Waals surface area (Å²) in [5, 5.41) is 9.60. The Hall–Kier alpha value is -0.580. The Balaban J connectivity index is 2.18. The fourth-order valence-electron chi connectivity index (χ4n) is 2.05. The van der Waals surface area contributed by atoms with E-state index in [4.69, 9.17) is 16.7 Å². The first kappa shape index (κ1) is 13.8. The van der Waals surface area contributed by atoms with E-state index in [9.17, 15) is 4.79 Å². The van der Waals surface area contributed by atoms with Gasteiger partial charge in [0.2, 0.25) is 0 Å². The molecule has 0 bridgehead atoms. The minimum atomic E-state index is -0.0526. The Morgan fingerprint density at radius 2 is 2.22 bits per heavy atom. The third-order valence-electron chi connectivity index (χ3n) is 3.28. The van der Waals surface area contributed by atoms with Gasteiger partial charge in [-0.05, 0) is 53.4 Å². The van der Waals surface area contributed by atoms with Crippen LogP contribution in [0.1, 0.15) is 29.6 Å². The standard InChI is InChI=1S/C13H15BrClNO2/c14-11-5-4-9(8-12(11)15)13(18)16(6-7-17)10-2-1-3-10/h4-5,8,10,17H,1-3,6-7H2. The second-order valence-electron chi connectivity index (χ2n) is 4.44. The van der Waals surface area contributed by atoms with Crippen molar-refractivity contribution in [1.82, 2.24) is 4.90 Å². The van der Waals surface area contributed by atoms with E-state index in [2.05, 4.69) is 15.9 Å². The van der Waals surface area contributed by atoms with Gasteiger partial charge in [-0.1, -0.05) is 11.6 Å². The molecular weight excluding hydrogens is 318 g/mol. The van der Waals surface area contributed by atoms with Gasteiger partial charge in [0.15, 0.2) is 0 Å². The maximum absolute atomic E-state index is 12.4. The van der Waals surface area contributed by atoms with Crippen molar-refractivity contribution in [3.8, 4) is 0 Å². The molecule has 0 saturated heterocycles. The zero-order valence-corrected chi connectivity index (χ0v) is 12.2. The van der Waals surface area contributed by atoms with E-state index in [1.54, 1.807) is 23.1 Å². The number of rotatable bonds is 4. The van der Waals surface area contributed by atoms with Crippen molar-refractivity contribution in [3.05, 3.63) is 33.3 Å². The molecule has 1 aromatic carbocycles. The number of carbonyl (C=O) groups excluding carboxylic acids is 1. The SMILES string of the molecule is O=C(c1ccc(Br)c(Cl)c1)N(CCO)C1CCC1. The molecule has 0 unspecified atom stereocenters. The molecule has 0 heterocycles. The van der Waals surface area contributed by atoms with Crippen LogP contribution < -0.4 is 0 Å². The molecule has 0 aliphatic heterocycles. The number of hydrogen-bond donors (Lipinski definition) is 1. The lowest BCUT2D eigenvalue weighted by Gasteiger charge is -2.37. The molecule has 2 rings (SSSR count). The molecule has 0 aromatic heterocycles. The molecule has 1 aromatic rings. The second-order valence-corrected chi connectivity index (χ2v) is 5.70. The van der Waals surface area contributed by atoms with E-state index in [-0.39, 0.29) is 18.6 Å². The Morgan fingerprint density at radius 3 is 2.72 bits per heavy atom. The predicted molar refractivity (Wildman–Crippen MR) is 74.9 cm³/mol. The first-order valence-corrected chi connectivity index (χ1v) is 7.17. The summed E-state index contributed by atoms with van der Waals surface area (Å²) >= 11 is 9.30. The molecule has 1 amide bonds. The maximum atomic E-state index is 12.4. The minimum absolute atomic E-state index is 0.00744. The zero-order chi connectivity index (χ0) is 13.1. The smallest absolute Gasteiger partial charge is 0.254 e. The Bertz CT molecular complexity index is 449. The zero-order valence-electron chi connectivity index (χ0n) is 9.90. The van der Waals surface area contributed by atoms with Gasteiger partial charge in [0, 0.05) is 22.6 Å². The Morgan fingerprint density at radius 1 is 1.50 bits per heavy atom. The lowest BCUT2D eigenvalue weighted by atomic mass is 9.91. The lowest BCUT2D eigenvalue weighted by Crippen LogP contribution is -2.45. The number of benzene rings is 1. The largest absolute Gasteiger partial charge is 0.395 e. The van der Waals surface area contributed by atoms with Gasteiger partial charge in [0.25, 0.3) is 5.91 Å². The molecule has 98 valence electrons. The van der Waals surface area contributed by atoms with Crippen molar-refractivity contribution in [3.63, 3.8) is 0 Å². The number of hydrogen-bond acceptors (Lipinski definition) is 2. The van der Waals surface area contributed by atoms with Crippen molar-refractivity contribution in [1.29, 1.82) is 0 Å². The fourth-order valence-corrected chi connectivity index (χ4v) is 2.48. The maximum Gasteiger partial charge on any atom is 0.254 e. The highest BCUT2D eigenvalue weighted by molar-refractivity contribution is 9.10. The van der Waals surface area contributed by atoms with Crippen LogP contribution in [0.4, 0.5) is 0 Å². The molecule has 18 heavy (non-hydrogen) atoms. The third-order valence-corrected chi connectivity index (χ3v) is 4.52. The summed E-state index contributed by atoms with van der Waals surface area (Å²) in [6, 6.07) is 5.46. The van der Waals surface area contributed by atoms with Crippen LogP contribution in [0, 0.1) is 0 Å². The monoisotopic (exact) mass is 331 g/mol. The van der Waals surface area contributed by atoms with Gasteiger partial charge < -0.3 is 10.0 Å². The molecule has 0 radical (unpaired) electrons. The van der Waals surface area contributed by atoms with E-state index in [1.807, 2.05) is 0 Å². The van der Waals surface area contributed by atoms with Gasteiger partial charge in [-0.15, -0.1) is 0 Å². The molecule has 1 aliphatic rings. The van der Waals surface area contributed by atoms with Crippen molar-refractivity contribution in [2.24, 2.45) is 0 Å². The van der Waals surface area contributed by atoms with Crippen LogP contribution in [-0.4, -0.2) is 35.1 Å². The fraction of sp³-hybridized carbons (Fsp3) is 0.462. The van der Waals surface area contributed by atoms with Gasteiger partial charge in [0.05, 0.1) is 11.6 Å². The van der Waals surface area contributed by atoms with E-state index in [0.29, 0.717) is 17.1 Å². The number of aliphatic hydroxyl groups excluding tert-OH is 1. The van der Waals surface area contributed by atoms with E-state index >= 15 is 0 Å². The van der Waals surface area contributed by atoms with Gasteiger partial charge in [-0.25, -0.2) is 0 Å². The number of nitrogens with zero attached hydrogens (tertiary/aromatic N) is 1. The van der Waals surface area contributed by atoms with E-state index < -0.39 is 0 Å².